The van der Waals surface area contributed by atoms with Crippen LogP contribution in [-0.4, -0.2) is 35.4 Å². The van der Waals surface area contributed by atoms with E-state index in [1.54, 1.807) is 0 Å². The van der Waals surface area contributed by atoms with Gasteiger partial charge in [0.1, 0.15) is 0 Å². The summed E-state index contributed by atoms with van der Waals surface area (Å²) in [6.45, 7) is 1.22. The third-order valence-electron chi connectivity index (χ3n) is 2.73. The van der Waals surface area contributed by atoms with Crippen LogP contribution in [0.1, 0.15) is 29.6 Å². The molecule has 1 amide bonds. The van der Waals surface area contributed by atoms with Crippen molar-refractivity contribution >= 4 is 29.1 Å². The summed E-state index contributed by atoms with van der Waals surface area (Å²) in [5.74, 6) is -0.314. The average Bonchev–Trinajstić information content (AvgIpc) is 2.40. The molecule has 0 spiro atoms. The standard InChI is InChI=1S/C11H13Cl2N3O2/c12-9-5-8(10(13)16-15-9)11(17)14-6-7-3-1-2-4-18-7/h5,7H,1-4,6H2,(H,14,17). The summed E-state index contributed by atoms with van der Waals surface area (Å²) in [6.07, 6.45) is 3.25. The molecule has 1 aliphatic rings. The van der Waals surface area contributed by atoms with Gasteiger partial charge >= 0.3 is 0 Å². The van der Waals surface area contributed by atoms with Crippen LogP contribution in [0.3, 0.4) is 0 Å². The van der Waals surface area contributed by atoms with Crippen molar-refractivity contribution in [3.8, 4) is 0 Å². The quantitative estimate of drug-likeness (QED) is 0.925. The summed E-state index contributed by atoms with van der Waals surface area (Å²) >= 11 is 11.5. The molecule has 0 aromatic carbocycles. The fourth-order valence-electron chi connectivity index (χ4n) is 1.78. The number of nitrogens with zero attached hydrogens (tertiary/aromatic N) is 2. The van der Waals surface area contributed by atoms with Crippen LogP contribution in [0.25, 0.3) is 0 Å². The molecular weight excluding hydrogens is 277 g/mol. The van der Waals surface area contributed by atoms with Crippen LogP contribution in [0, 0.1) is 0 Å². The van der Waals surface area contributed by atoms with Crippen molar-refractivity contribution < 1.29 is 9.53 Å². The van der Waals surface area contributed by atoms with Crippen LogP contribution in [0.2, 0.25) is 10.3 Å². The van der Waals surface area contributed by atoms with E-state index in [9.17, 15) is 4.79 Å². The van der Waals surface area contributed by atoms with E-state index in [2.05, 4.69) is 15.5 Å². The number of carbonyl (C=O) groups excluding carboxylic acids is 1. The molecule has 1 atom stereocenters. The fraction of sp³-hybridized carbons (Fsp3) is 0.545. The number of carbonyl (C=O) groups is 1. The van der Waals surface area contributed by atoms with Crippen molar-refractivity contribution in [3.63, 3.8) is 0 Å². The van der Waals surface area contributed by atoms with Crippen molar-refractivity contribution in [1.29, 1.82) is 0 Å². The lowest BCUT2D eigenvalue weighted by molar-refractivity contribution is 0.0169. The zero-order chi connectivity index (χ0) is 13.0. The lowest BCUT2D eigenvalue weighted by Gasteiger charge is -2.22. The molecule has 1 fully saturated rings. The number of ether oxygens (including phenoxy) is 1. The third-order valence-corrected chi connectivity index (χ3v) is 3.19. The van der Waals surface area contributed by atoms with Gasteiger partial charge in [-0.15, -0.1) is 10.2 Å². The second-order valence-electron chi connectivity index (χ2n) is 4.07. The summed E-state index contributed by atoms with van der Waals surface area (Å²) < 4.78 is 5.52. The molecule has 5 nitrogen and oxygen atoms in total. The Hall–Kier alpha value is -0.910. The normalized spacial score (nSPS) is 19.6. The van der Waals surface area contributed by atoms with Gasteiger partial charge in [0.05, 0.1) is 11.7 Å². The number of nitrogens with one attached hydrogen (secondary N) is 1. The number of aromatic nitrogens is 2. The number of amides is 1. The molecule has 0 radical (unpaired) electrons. The highest BCUT2D eigenvalue weighted by Crippen LogP contribution is 2.16. The first-order chi connectivity index (χ1) is 8.66. The first-order valence-electron chi connectivity index (χ1n) is 5.75. The SMILES string of the molecule is O=C(NCC1CCCCO1)c1cc(Cl)nnc1Cl. The van der Waals surface area contributed by atoms with Crippen LogP contribution in [0.4, 0.5) is 0 Å². The third kappa shape index (κ3) is 3.54. The van der Waals surface area contributed by atoms with Gasteiger partial charge in [-0.3, -0.25) is 4.79 Å². The maximum Gasteiger partial charge on any atom is 0.254 e. The molecule has 1 unspecified atom stereocenters. The van der Waals surface area contributed by atoms with E-state index in [0.29, 0.717) is 6.54 Å². The van der Waals surface area contributed by atoms with Crippen molar-refractivity contribution in [2.24, 2.45) is 0 Å². The van der Waals surface area contributed by atoms with Gasteiger partial charge in [0.15, 0.2) is 10.3 Å². The fourth-order valence-corrected chi connectivity index (χ4v) is 2.11. The summed E-state index contributed by atoms with van der Waals surface area (Å²) in [7, 11) is 0. The molecule has 1 saturated heterocycles. The molecular formula is C11H13Cl2N3O2. The molecule has 18 heavy (non-hydrogen) atoms. The molecule has 7 heteroatoms. The van der Waals surface area contributed by atoms with E-state index in [0.717, 1.165) is 25.9 Å². The highest BCUT2D eigenvalue weighted by molar-refractivity contribution is 6.34. The summed E-state index contributed by atoms with van der Waals surface area (Å²) in [5.41, 5.74) is 0.229. The maximum atomic E-state index is 11.9. The Kier molecular flexibility index (Phi) is 4.74. The van der Waals surface area contributed by atoms with Gasteiger partial charge in [-0.25, -0.2) is 0 Å². The molecule has 0 saturated carbocycles. The second-order valence-corrected chi connectivity index (χ2v) is 4.82. The van der Waals surface area contributed by atoms with Crippen molar-refractivity contribution in [2.75, 3.05) is 13.2 Å². The lowest BCUT2D eigenvalue weighted by Crippen LogP contribution is -2.35. The summed E-state index contributed by atoms with van der Waals surface area (Å²) in [6, 6.07) is 1.40. The van der Waals surface area contributed by atoms with Crippen molar-refractivity contribution in [2.45, 2.75) is 25.4 Å². The Morgan fingerprint density at radius 3 is 3.00 bits per heavy atom. The van der Waals surface area contributed by atoms with E-state index in [1.165, 1.54) is 6.07 Å². The number of hydrogen-bond acceptors (Lipinski definition) is 4. The topological polar surface area (TPSA) is 64.1 Å². The summed E-state index contributed by atoms with van der Waals surface area (Å²) in [4.78, 5) is 11.9. The number of hydrogen-bond donors (Lipinski definition) is 1. The minimum atomic E-state index is -0.314. The second kappa shape index (κ2) is 6.31. The Morgan fingerprint density at radius 1 is 1.44 bits per heavy atom. The molecule has 1 aliphatic heterocycles. The van der Waals surface area contributed by atoms with Gasteiger partial charge < -0.3 is 10.1 Å². The molecule has 1 N–H and O–H groups in total. The predicted molar refractivity (Wildman–Crippen MR) is 68.0 cm³/mol. The van der Waals surface area contributed by atoms with Crippen LogP contribution in [-0.2, 0) is 4.74 Å². The molecule has 2 heterocycles. The van der Waals surface area contributed by atoms with Gasteiger partial charge in [0, 0.05) is 13.2 Å². The van der Waals surface area contributed by atoms with Crippen LogP contribution >= 0.6 is 23.2 Å². The van der Waals surface area contributed by atoms with E-state index >= 15 is 0 Å². The highest BCUT2D eigenvalue weighted by atomic mass is 35.5. The van der Waals surface area contributed by atoms with Crippen LogP contribution in [0.15, 0.2) is 6.07 Å². The van der Waals surface area contributed by atoms with Gasteiger partial charge in [-0.05, 0) is 25.3 Å². The van der Waals surface area contributed by atoms with E-state index in [-0.39, 0.29) is 27.9 Å². The Balaban J connectivity index is 1.92. The number of halogens is 2. The zero-order valence-corrected chi connectivity index (χ0v) is 11.2. The lowest BCUT2D eigenvalue weighted by atomic mass is 10.1. The number of rotatable bonds is 3. The highest BCUT2D eigenvalue weighted by Gasteiger charge is 2.17. The minimum Gasteiger partial charge on any atom is -0.376 e. The molecule has 1 aromatic rings. The molecule has 1 aromatic heterocycles. The predicted octanol–water partition coefficient (Wildman–Crippen LogP) is 2.08. The van der Waals surface area contributed by atoms with Gasteiger partial charge in [-0.2, -0.15) is 0 Å². The smallest absolute Gasteiger partial charge is 0.254 e. The van der Waals surface area contributed by atoms with Crippen LogP contribution < -0.4 is 5.32 Å². The first-order valence-corrected chi connectivity index (χ1v) is 6.51. The zero-order valence-electron chi connectivity index (χ0n) is 9.66. The van der Waals surface area contributed by atoms with Gasteiger partial charge in [0.2, 0.25) is 0 Å². The van der Waals surface area contributed by atoms with E-state index < -0.39 is 0 Å². The van der Waals surface area contributed by atoms with E-state index in [1.807, 2.05) is 0 Å². The molecule has 0 aliphatic carbocycles. The maximum absolute atomic E-state index is 11.9. The van der Waals surface area contributed by atoms with Gasteiger partial charge in [-0.1, -0.05) is 23.2 Å². The van der Waals surface area contributed by atoms with Crippen LogP contribution in [0.5, 0.6) is 0 Å². The van der Waals surface area contributed by atoms with Gasteiger partial charge in [0.25, 0.3) is 5.91 Å². The molecule has 2 rings (SSSR count). The monoisotopic (exact) mass is 289 g/mol. The Labute approximate surface area is 115 Å². The Bertz CT molecular complexity index is 436. The first kappa shape index (κ1) is 13.5. The molecule has 0 bridgehead atoms. The largest absolute Gasteiger partial charge is 0.376 e. The molecule has 98 valence electrons. The summed E-state index contributed by atoms with van der Waals surface area (Å²) in [5, 5.41) is 10.1. The average molecular weight is 290 g/mol. The Morgan fingerprint density at radius 2 is 2.28 bits per heavy atom. The van der Waals surface area contributed by atoms with Crippen molar-refractivity contribution in [1.82, 2.24) is 15.5 Å². The van der Waals surface area contributed by atoms with E-state index in [4.69, 9.17) is 27.9 Å². The minimum absolute atomic E-state index is 0.0430. The van der Waals surface area contributed by atoms with Crippen molar-refractivity contribution in [3.05, 3.63) is 21.9 Å².